The fourth-order valence-electron chi connectivity index (χ4n) is 4.58. The molecule has 168 valence electrons. The van der Waals surface area contributed by atoms with Crippen LogP contribution in [0.1, 0.15) is 52.1 Å². The Morgan fingerprint density at radius 1 is 1.19 bits per heavy atom. The highest BCUT2D eigenvalue weighted by molar-refractivity contribution is 6.35. The van der Waals surface area contributed by atoms with Crippen LogP contribution in [0.25, 0.3) is 0 Å². The van der Waals surface area contributed by atoms with Crippen LogP contribution in [0.3, 0.4) is 0 Å². The van der Waals surface area contributed by atoms with Gasteiger partial charge < -0.3 is 10.4 Å². The highest BCUT2D eigenvalue weighted by Gasteiger charge is 2.44. The molecule has 32 heavy (non-hydrogen) atoms. The molecule has 0 radical (unpaired) electrons. The van der Waals surface area contributed by atoms with E-state index in [0.717, 1.165) is 0 Å². The van der Waals surface area contributed by atoms with Crippen molar-refractivity contribution in [3.63, 3.8) is 0 Å². The molecule has 1 aliphatic heterocycles. The highest BCUT2D eigenvalue weighted by Crippen LogP contribution is 2.51. The maximum absolute atomic E-state index is 13.6. The Bertz CT molecular complexity index is 1150. The van der Waals surface area contributed by atoms with Crippen LogP contribution in [0.4, 0.5) is 11.4 Å². The molecule has 2 N–H and O–H groups in total. The first-order valence-corrected chi connectivity index (χ1v) is 11.4. The Kier molecular flexibility index (Phi) is 5.76. The summed E-state index contributed by atoms with van der Waals surface area (Å²) in [6, 6.07) is 9.37. The molecule has 2 aromatic carbocycles. The molecule has 0 bridgehead atoms. The highest BCUT2D eigenvalue weighted by atomic mass is 35.5. The van der Waals surface area contributed by atoms with Crippen molar-refractivity contribution in [2.45, 2.75) is 46.6 Å². The van der Waals surface area contributed by atoms with Crippen LogP contribution in [0.2, 0.25) is 10.0 Å². The van der Waals surface area contributed by atoms with E-state index in [-0.39, 0.29) is 28.8 Å². The summed E-state index contributed by atoms with van der Waals surface area (Å²) in [5.41, 5.74) is 2.46. The summed E-state index contributed by atoms with van der Waals surface area (Å²) in [7, 11) is 0. The summed E-state index contributed by atoms with van der Waals surface area (Å²) >= 11 is 12.8. The number of benzene rings is 2. The van der Waals surface area contributed by atoms with Crippen LogP contribution in [0.5, 0.6) is 5.75 Å². The Balaban J connectivity index is 2.08. The van der Waals surface area contributed by atoms with E-state index in [9.17, 15) is 14.7 Å². The summed E-state index contributed by atoms with van der Waals surface area (Å²) in [6.07, 6.45) is 0.939. The molecule has 2 aromatic rings. The summed E-state index contributed by atoms with van der Waals surface area (Å²) in [5.74, 6) is -0.569. The lowest BCUT2D eigenvalue weighted by atomic mass is 9.73. The first-order valence-electron chi connectivity index (χ1n) is 10.6. The number of para-hydroxylation sites is 1. The number of phenolic OH excluding ortho intramolecular Hbond substituents is 1. The number of aromatic hydroxyl groups is 1. The van der Waals surface area contributed by atoms with Gasteiger partial charge in [0.25, 0.3) is 0 Å². The SMILES string of the molecule is CC(C)C(=O)N1c2cccc(O)c2NC2=C(C(=O)CC(C)(C)C2)[C@H]1c1ccc(Cl)cc1Cl. The largest absolute Gasteiger partial charge is 0.506 e. The molecule has 0 saturated carbocycles. The van der Waals surface area contributed by atoms with Crippen LogP contribution < -0.4 is 10.2 Å². The van der Waals surface area contributed by atoms with Gasteiger partial charge in [0.1, 0.15) is 11.4 Å². The molecule has 0 saturated heterocycles. The van der Waals surface area contributed by atoms with Crippen molar-refractivity contribution in [3.8, 4) is 5.75 Å². The van der Waals surface area contributed by atoms with Gasteiger partial charge in [0.05, 0.1) is 11.7 Å². The van der Waals surface area contributed by atoms with Gasteiger partial charge in [-0.15, -0.1) is 0 Å². The average molecular weight is 473 g/mol. The van der Waals surface area contributed by atoms with Gasteiger partial charge in [0.15, 0.2) is 5.78 Å². The van der Waals surface area contributed by atoms with Crippen molar-refractivity contribution in [3.05, 3.63) is 63.3 Å². The molecule has 0 aromatic heterocycles. The normalized spacial score (nSPS) is 19.9. The van der Waals surface area contributed by atoms with Crippen LogP contribution in [0, 0.1) is 11.3 Å². The minimum Gasteiger partial charge on any atom is -0.506 e. The number of carbonyl (C=O) groups excluding carboxylic acids is 2. The second-order valence-corrected chi connectivity index (χ2v) is 10.4. The molecule has 2 aliphatic rings. The summed E-state index contributed by atoms with van der Waals surface area (Å²) in [6.45, 7) is 7.69. The zero-order valence-corrected chi connectivity index (χ0v) is 20.0. The molecule has 1 atom stereocenters. The predicted molar refractivity (Wildman–Crippen MR) is 128 cm³/mol. The molecule has 1 aliphatic carbocycles. The standard InChI is InChI=1S/C25H26Cl2N2O3/c1-13(2)24(32)29-18-6-5-7-19(30)22(18)28-17-11-25(3,4)12-20(31)21(17)23(29)15-9-8-14(26)10-16(15)27/h5-10,13,23,28,30H,11-12H2,1-4H3/t23-/m1/s1. The molecule has 0 unspecified atom stereocenters. The number of carbonyl (C=O) groups is 2. The van der Waals surface area contributed by atoms with Gasteiger partial charge in [0.2, 0.25) is 5.91 Å². The van der Waals surface area contributed by atoms with Gasteiger partial charge in [-0.05, 0) is 41.7 Å². The van der Waals surface area contributed by atoms with Crippen LogP contribution in [-0.2, 0) is 9.59 Å². The number of fused-ring (bicyclic) bond motifs is 1. The number of allylic oxidation sites excluding steroid dienone is 1. The van der Waals surface area contributed by atoms with Gasteiger partial charge in [-0.3, -0.25) is 14.5 Å². The van der Waals surface area contributed by atoms with Crippen molar-refractivity contribution in [1.82, 2.24) is 0 Å². The number of rotatable bonds is 2. The van der Waals surface area contributed by atoms with Crippen molar-refractivity contribution in [2.24, 2.45) is 11.3 Å². The molecule has 1 amide bonds. The maximum atomic E-state index is 13.6. The van der Waals surface area contributed by atoms with E-state index in [1.165, 1.54) is 0 Å². The molecule has 7 heteroatoms. The monoisotopic (exact) mass is 472 g/mol. The zero-order chi connectivity index (χ0) is 23.4. The smallest absolute Gasteiger partial charge is 0.230 e. The first kappa shape index (κ1) is 22.7. The molecule has 0 fully saturated rings. The number of anilines is 2. The third kappa shape index (κ3) is 3.89. The van der Waals surface area contributed by atoms with E-state index in [1.807, 2.05) is 27.7 Å². The lowest BCUT2D eigenvalue weighted by Crippen LogP contribution is -2.41. The topological polar surface area (TPSA) is 69.6 Å². The van der Waals surface area contributed by atoms with Crippen LogP contribution >= 0.6 is 23.2 Å². The Morgan fingerprint density at radius 3 is 2.56 bits per heavy atom. The summed E-state index contributed by atoms with van der Waals surface area (Å²) in [4.78, 5) is 28.8. The van der Waals surface area contributed by atoms with Crippen LogP contribution in [0.15, 0.2) is 47.7 Å². The van der Waals surface area contributed by atoms with E-state index >= 15 is 0 Å². The Labute approximate surface area is 198 Å². The molecular formula is C25H26Cl2N2O3. The van der Waals surface area contributed by atoms with Crippen molar-refractivity contribution in [2.75, 3.05) is 10.2 Å². The van der Waals surface area contributed by atoms with Gasteiger partial charge in [0, 0.05) is 33.7 Å². The average Bonchev–Trinajstić information content (AvgIpc) is 2.82. The van der Waals surface area contributed by atoms with Gasteiger partial charge in [-0.25, -0.2) is 0 Å². The number of phenols is 1. The Morgan fingerprint density at radius 2 is 1.91 bits per heavy atom. The first-order chi connectivity index (χ1) is 15.0. The van der Waals surface area contributed by atoms with Crippen LogP contribution in [-0.4, -0.2) is 16.8 Å². The number of halogens is 2. The number of ketones is 1. The summed E-state index contributed by atoms with van der Waals surface area (Å²) < 4.78 is 0. The minimum atomic E-state index is -0.746. The van der Waals surface area contributed by atoms with E-state index < -0.39 is 6.04 Å². The predicted octanol–water partition coefficient (Wildman–Crippen LogP) is 6.50. The number of nitrogens with zero attached hydrogens (tertiary/aromatic N) is 1. The fraction of sp³-hybridized carbons (Fsp3) is 0.360. The lowest BCUT2D eigenvalue weighted by Gasteiger charge is -2.38. The molecule has 5 nitrogen and oxygen atoms in total. The molecule has 0 spiro atoms. The van der Waals surface area contributed by atoms with Gasteiger partial charge in [-0.1, -0.05) is 63.0 Å². The van der Waals surface area contributed by atoms with Crippen molar-refractivity contribution < 1.29 is 14.7 Å². The third-order valence-corrected chi connectivity index (χ3v) is 6.56. The lowest BCUT2D eigenvalue weighted by molar-refractivity contribution is -0.122. The van der Waals surface area contributed by atoms with Crippen molar-refractivity contribution >= 4 is 46.3 Å². The third-order valence-electron chi connectivity index (χ3n) is 6.00. The quantitative estimate of drug-likeness (QED) is 0.489. The molecular weight excluding hydrogens is 447 g/mol. The summed E-state index contributed by atoms with van der Waals surface area (Å²) in [5, 5.41) is 14.9. The van der Waals surface area contributed by atoms with Gasteiger partial charge in [-0.2, -0.15) is 0 Å². The van der Waals surface area contributed by atoms with E-state index in [0.29, 0.717) is 51.1 Å². The number of Topliss-reactive ketones (excluding diaryl/α,β-unsaturated/α-hetero) is 1. The fourth-order valence-corrected chi connectivity index (χ4v) is 5.09. The van der Waals surface area contributed by atoms with E-state index in [2.05, 4.69) is 5.32 Å². The van der Waals surface area contributed by atoms with E-state index in [1.54, 1.807) is 41.3 Å². The number of hydrogen-bond acceptors (Lipinski definition) is 4. The van der Waals surface area contributed by atoms with Crippen molar-refractivity contribution in [1.29, 1.82) is 0 Å². The molecule has 1 heterocycles. The van der Waals surface area contributed by atoms with Gasteiger partial charge >= 0.3 is 0 Å². The maximum Gasteiger partial charge on any atom is 0.230 e. The second-order valence-electron chi connectivity index (χ2n) is 9.56. The number of nitrogens with one attached hydrogen (secondary N) is 1. The number of hydrogen-bond donors (Lipinski definition) is 2. The number of amides is 1. The second kappa shape index (κ2) is 8.13. The molecule has 4 rings (SSSR count). The zero-order valence-electron chi connectivity index (χ0n) is 18.5. The Hall–Kier alpha value is -2.50. The minimum absolute atomic E-state index is 0.00888. The van der Waals surface area contributed by atoms with E-state index in [4.69, 9.17) is 23.2 Å².